The molecule has 0 radical (unpaired) electrons. The molecule has 0 N–H and O–H groups in total. The summed E-state index contributed by atoms with van der Waals surface area (Å²) in [5.74, 6) is 0. The number of hydrogen-bond acceptors (Lipinski definition) is 3. The standard InChI is InChI=1S/C9H14ClFO3/c1-6(10)13-9(12)14-8-5-3-2-4-7(8)11/h6-8H,2-5H2,1H3/t6?,7-,8-/m0/s1. The lowest BCUT2D eigenvalue weighted by atomic mass is 9.96. The van der Waals surface area contributed by atoms with Crippen LogP contribution in [0.3, 0.4) is 0 Å². The summed E-state index contributed by atoms with van der Waals surface area (Å²) in [4.78, 5) is 11.0. The van der Waals surface area contributed by atoms with Crippen molar-refractivity contribution in [2.24, 2.45) is 0 Å². The van der Waals surface area contributed by atoms with Crippen LogP contribution in [0.5, 0.6) is 0 Å². The predicted octanol–water partition coefficient (Wildman–Crippen LogP) is 3.01. The van der Waals surface area contributed by atoms with E-state index in [0.29, 0.717) is 12.8 Å². The lowest BCUT2D eigenvalue weighted by molar-refractivity contribution is -0.0244. The van der Waals surface area contributed by atoms with Gasteiger partial charge in [-0.15, -0.1) is 0 Å². The second kappa shape index (κ2) is 5.39. The van der Waals surface area contributed by atoms with Crippen LogP contribution in [0.2, 0.25) is 0 Å². The van der Waals surface area contributed by atoms with Crippen molar-refractivity contribution in [3.05, 3.63) is 0 Å². The summed E-state index contributed by atoms with van der Waals surface area (Å²) in [6.07, 6.45) is 0.133. The van der Waals surface area contributed by atoms with E-state index in [9.17, 15) is 9.18 Å². The summed E-state index contributed by atoms with van der Waals surface area (Å²) < 4.78 is 22.5. The third-order valence-corrected chi connectivity index (χ3v) is 2.22. The summed E-state index contributed by atoms with van der Waals surface area (Å²) in [6.45, 7) is 1.50. The molecule has 1 fully saturated rings. The number of halogens is 2. The van der Waals surface area contributed by atoms with Crippen LogP contribution in [0.1, 0.15) is 32.6 Å². The maximum atomic E-state index is 13.2. The molecule has 0 aromatic carbocycles. The van der Waals surface area contributed by atoms with E-state index in [4.69, 9.17) is 16.3 Å². The van der Waals surface area contributed by atoms with Gasteiger partial charge in [0.1, 0.15) is 12.3 Å². The summed E-state index contributed by atoms with van der Waals surface area (Å²) in [7, 11) is 0. The summed E-state index contributed by atoms with van der Waals surface area (Å²) in [6, 6.07) is 0. The second-order valence-corrected chi connectivity index (χ2v) is 3.98. The molecule has 0 heterocycles. The number of alkyl halides is 2. The fourth-order valence-electron chi connectivity index (χ4n) is 1.47. The highest BCUT2D eigenvalue weighted by molar-refractivity contribution is 6.19. The van der Waals surface area contributed by atoms with Crippen LogP contribution in [0, 0.1) is 0 Å². The molecule has 1 unspecified atom stereocenters. The summed E-state index contributed by atoms with van der Waals surface area (Å²) in [5.41, 5.74) is -0.746. The first-order valence-corrected chi connectivity index (χ1v) is 5.18. The van der Waals surface area contributed by atoms with E-state index in [1.54, 1.807) is 0 Å². The number of carbonyl (C=O) groups is 1. The highest BCUT2D eigenvalue weighted by atomic mass is 35.5. The first-order valence-electron chi connectivity index (χ1n) is 4.75. The van der Waals surface area contributed by atoms with Gasteiger partial charge in [-0.1, -0.05) is 18.0 Å². The van der Waals surface area contributed by atoms with Gasteiger partial charge in [-0.25, -0.2) is 9.18 Å². The average molecular weight is 225 g/mol. The molecule has 0 saturated heterocycles. The number of ether oxygens (including phenoxy) is 2. The third-order valence-electron chi connectivity index (χ3n) is 2.13. The molecule has 5 heteroatoms. The zero-order valence-corrected chi connectivity index (χ0v) is 8.80. The van der Waals surface area contributed by atoms with E-state index in [0.717, 1.165) is 12.8 Å². The van der Waals surface area contributed by atoms with Crippen LogP contribution in [0.15, 0.2) is 0 Å². The van der Waals surface area contributed by atoms with E-state index in [-0.39, 0.29) is 0 Å². The molecule has 3 nitrogen and oxygen atoms in total. The Balaban J connectivity index is 2.31. The van der Waals surface area contributed by atoms with Crippen molar-refractivity contribution in [2.45, 2.75) is 50.4 Å². The summed E-state index contributed by atoms with van der Waals surface area (Å²) in [5, 5.41) is 0. The number of hydrogen-bond donors (Lipinski definition) is 0. The first-order chi connectivity index (χ1) is 6.59. The summed E-state index contributed by atoms with van der Waals surface area (Å²) >= 11 is 5.41. The van der Waals surface area contributed by atoms with Crippen molar-refractivity contribution in [3.8, 4) is 0 Å². The van der Waals surface area contributed by atoms with E-state index < -0.39 is 24.0 Å². The van der Waals surface area contributed by atoms with Gasteiger partial charge in [0.25, 0.3) is 0 Å². The Morgan fingerprint density at radius 3 is 2.71 bits per heavy atom. The topological polar surface area (TPSA) is 35.5 Å². The Hall–Kier alpha value is -0.510. The lowest BCUT2D eigenvalue weighted by Gasteiger charge is -2.25. The van der Waals surface area contributed by atoms with Crippen molar-refractivity contribution < 1.29 is 18.7 Å². The Kier molecular flexibility index (Phi) is 4.45. The van der Waals surface area contributed by atoms with E-state index in [1.165, 1.54) is 6.92 Å². The number of carbonyl (C=O) groups excluding carboxylic acids is 1. The van der Waals surface area contributed by atoms with Gasteiger partial charge in [0, 0.05) is 0 Å². The maximum Gasteiger partial charge on any atom is 0.510 e. The van der Waals surface area contributed by atoms with E-state index >= 15 is 0 Å². The average Bonchev–Trinajstić information content (AvgIpc) is 2.07. The molecule has 0 amide bonds. The molecule has 1 aliphatic carbocycles. The maximum absolute atomic E-state index is 13.2. The van der Waals surface area contributed by atoms with Gasteiger partial charge < -0.3 is 9.47 Å². The minimum absolute atomic E-state index is 0.453. The zero-order chi connectivity index (χ0) is 10.6. The normalized spacial score (nSPS) is 29.4. The smallest absolute Gasteiger partial charge is 0.428 e. The second-order valence-electron chi connectivity index (χ2n) is 3.37. The Bertz CT molecular complexity index is 198. The Morgan fingerprint density at radius 1 is 1.50 bits per heavy atom. The van der Waals surface area contributed by atoms with Crippen LogP contribution >= 0.6 is 11.6 Å². The van der Waals surface area contributed by atoms with Gasteiger partial charge in [-0.2, -0.15) is 0 Å². The third kappa shape index (κ3) is 3.70. The van der Waals surface area contributed by atoms with Gasteiger partial charge in [0.05, 0.1) is 0 Å². The monoisotopic (exact) mass is 224 g/mol. The minimum atomic E-state index is -1.07. The number of rotatable bonds is 2. The van der Waals surface area contributed by atoms with Crippen LogP contribution < -0.4 is 0 Å². The zero-order valence-electron chi connectivity index (χ0n) is 8.04. The van der Waals surface area contributed by atoms with Gasteiger partial charge >= 0.3 is 6.16 Å². The molecule has 1 aliphatic rings. The Labute approximate surface area is 87.5 Å². The van der Waals surface area contributed by atoms with Crippen LogP contribution in [-0.4, -0.2) is 24.0 Å². The predicted molar refractivity (Wildman–Crippen MR) is 50.0 cm³/mol. The van der Waals surface area contributed by atoms with Crippen LogP contribution in [0.4, 0.5) is 9.18 Å². The minimum Gasteiger partial charge on any atom is -0.428 e. The van der Waals surface area contributed by atoms with Gasteiger partial charge in [-0.05, 0) is 26.2 Å². The fourth-order valence-corrected chi connectivity index (χ4v) is 1.54. The fraction of sp³-hybridized carbons (Fsp3) is 0.889. The molecule has 0 aromatic rings. The highest BCUT2D eigenvalue weighted by Crippen LogP contribution is 2.24. The van der Waals surface area contributed by atoms with Crippen LogP contribution in [0.25, 0.3) is 0 Å². The van der Waals surface area contributed by atoms with Crippen molar-refractivity contribution in [3.63, 3.8) is 0 Å². The molecule has 1 saturated carbocycles. The molecule has 1 rings (SSSR count). The van der Waals surface area contributed by atoms with Gasteiger partial charge in [0.2, 0.25) is 0 Å². The SMILES string of the molecule is CC(Cl)OC(=O)O[C@H]1CCCC[C@@H]1F. The molecule has 0 bridgehead atoms. The van der Waals surface area contributed by atoms with Gasteiger partial charge in [-0.3, -0.25) is 0 Å². The molecular weight excluding hydrogens is 211 g/mol. The van der Waals surface area contributed by atoms with Crippen molar-refractivity contribution in [2.75, 3.05) is 0 Å². The van der Waals surface area contributed by atoms with Crippen LogP contribution in [-0.2, 0) is 9.47 Å². The molecule has 0 aromatic heterocycles. The molecule has 3 atom stereocenters. The van der Waals surface area contributed by atoms with Crippen molar-refractivity contribution in [1.29, 1.82) is 0 Å². The quantitative estimate of drug-likeness (QED) is 0.534. The molecule has 0 aliphatic heterocycles. The first kappa shape index (κ1) is 11.6. The molecule has 0 spiro atoms. The van der Waals surface area contributed by atoms with Crippen molar-refractivity contribution in [1.82, 2.24) is 0 Å². The molecular formula is C9H14ClFO3. The van der Waals surface area contributed by atoms with Crippen molar-refractivity contribution >= 4 is 17.8 Å². The molecule has 82 valence electrons. The lowest BCUT2D eigenvalue weighted by Crippen LogP contribution is -2.32. The molecule has 14 heavy (non-hydrogen) atoms. The largest absolute Gasteiger partial charge is 0.510 e. The highest BCUT2D eigenvalue weighted by Gasteiger charge is 2.28. The van der Waals surface area contributed by atoms with E-state index in [1.807, 2.05) is 0 Å². The Morgan fingerprint density at radius 2 is 2.14 bits per heavy atom. The van der Waals surface area contributed by atoms with E-state index in [2.05, 4.69) is 4.74 Å². The van der Waals surface area contributed by atoms with Gasteiger partial charge in [0.15, 0.2) is 5.56 Å².